The van der Waals surface area contributed by atoms with Crippen LogP contribution in [0.1, 0.15) is 73.6 Å². The van der Waals surface area contributed by atoms with Crippen molar-refractivity contribution in [3.8, 4) is 0 Å². The second-order valence-corrected chi connectivity index (χ2v) is 6.45. The molecule has 0 radical (unpaired) electrons. The average Bonchev–Trinajstić information content (AvgIpc) is 2.31. The van der Waals surface area contributed by atoms with Crippen molar-refractivity contribution in [2.45, 2.75) is 79.2 Å². The number of ether oxygens (including phenoxy) is 1. The van der Waals surface area contributed by atoms with Crippen LogP contribution in [0.5, 0.6) is 0 Å². The van der Waals surface area contributed by atoms with Crippen LogP contribution in [0, 0.1) is 5.41 Å². The first-order valence-electron chi connectivity index (χ1n) is 7.74. The zero-order valence-corrected chi connectivity index (χ0v) is 13.6. The Balaban J connectivity index is 4.32. The number of rotatable bonds is 10. The van der Waals surface area contributed by atoms with Crippen LogP contribution in [0.2, 0.25) is 0 Å². The Morgan fingerprint density at radius 3 is 2.11 bits per heavy atom. The van der Waals surface area contributed by atoms with E-state index in [1.165, 1.54) is 32.1 Å². The van der Waals surface area contributed by atoms with E-state index < -0.39 is 0 Å². The molecule has 0 aliphatic rings. The van der Waals surface area contributed by atoms with E-state index in [4.69, 9.17) is 4.74 Å². The van der Waals surface area contributed by atoms with Gasteiger partial charge < -0.3 is 10.1 Å². The molecule has 2 nitrogen and oxygen atoms in total. The van der Waals surface area contributed by atoms with Crippen LogP contribution in [0.25, 0.3) is 0 Å². The molecule has 0 aliphatic carbocycles. The molecule has 0 aromatic rings. The zero-order chi connectivity index (χ0) is 14.1. The van der Waals surface area contributed by atoms with Crippen molar-refractivity contribution >= 4 is 0 Å². The molecular formula is C16H35NO. The van der Waals surface area contributed by atoms with Crippen molar-refractivity contribution in [2.24, 2.45) is 5.41 Å². The Hall–Kier alpha value is -0.0800. The molecule has 0 saturated carbocycles. The summed E-state index contributed by atoms with van der Waals surface area (Å²) in [7, 11) is 0. The highest BCUT2D eigenvalue weighted by Gasteiger charge is 2.27. The molecule has 18 heavy (non-hydrogen) atoms. The summed E-state index contributed by atoms with van der Waals surface area (Å²) in [5.41, 5.74) is 0.416. The number of nitrogens with one attached hydrogen (secondary N) is 1. The Morgan fingerprint density at radius 1 is 1.00 bits per heavy atom. The second-order valence-electron chi connectivity index (χ2n) is 6.45. The van der Waals surface area contributed by atoms with E-state index in [2.05, 4.69) is 46.9 Å². The van der Waals surface area contributed by atoms with E-state index in [0.717, 1.165) is 19.7 Å². The van der Waals surface area contributed by atoms with E-state index in [9.17, 15) is 0 Å². The van der Waals surface area contributed by atoms with Crippen molar-refractivity contribution in [1.82, 2.24) is 5.32 Å². The molecule has 110 valence electrons. The van der Waals surface area contributed by atoms with E-state index in [-0.39, 0.29) is 5.60 Å². The Morgan fingerprint density at radius 2 is 1.67 bits per heavy atom. The smallest absolute Gasteiger partial charge is 0.0598 e. The predicted octanol–water partition coefficient (Wildman–Crippen LogP) is 4.39. The van der Waals surface area contributed by atoms with Gasteiger partial charge in [-0.1, -0.05) is 33.6 Å². The van der Waals surface area contributed by atoms with Crippen LogP contribution in [-0.4, -0.2) is 25.3 Å². The lowest BCUT2D eigenvalue weighted by Gasteiger charge is -2.34. The average molecular weight is 257 g/mol. The maximum absolute atomic E-state index is 5.92. The Bertz CT molecular complexity index is 188. The van der Waals surface area contributed by atoms with Crippen LogP contribution in [0.15, 0.2) is 0 Å². The van der Waals surface area contributed by atoms with Gasteiger partial charge in [-0.15, -0.1) is 0 Å². The fraction of sp³-hybridized carbons (Fsp3) is 1.00. The minimum absolute atomic E-state index is 0.0115. The summed E-state index contributed by atoms with van der Waals surface area (Å²) in [6.45, 7) is 16.3. The molecule has 1 atom stereocenters. The van der Waals surface area contributed by atoms with Gasteiger partial charge in [0.25, 0.3) is 0 Å². The highest BCUT2D eigenvalue weighted by atomic mass is 16.5. The van der Waals surface area contributed by atoms with Crippen LogP contribution < -0.4 is 5.32 Å². The van der Waals surface area contributed by atoms with Gasteiger partial charge in [0, 0.05) is 13.2 Å². The summed E-state index contributed by atoms with van der Waals surface area (Å²) in [5, 5.41) is 3.54. The Kier molecular flexibility index (Phi) is 8.89. The first-order chi connectivity index (χ1) is 8.39. The first-order valence-corrected chi connectivity index (χ1v) is 7.74. The summed E-state index contributed by atoms with van der Waals surface area (Å²) in [6.07, 6.45) is 6.35. The monoisotopic (exact) mass is 257 g/mol. The highest BCUT2D eigenvalue weighted by Crippen LogP contribution is 2.32. The van der Waals surface area contributed by atoms with Gasteiger partial charge in [0.2, 0.25) is 0 Å². The van der Waals surface area contributed by atoms with E-state index in [0.29, 0.717) is 5.41 Å². The highest BCUT2D eigenvalue weighted by molar-refractivity contribution is 4.80. The molecule has 0 spiro atoms. The zero-order valence-electron chi connectivity index (χ0n) is 13.6. The minimum atomic E-state index is -0.0115. The van der Waals surface area contributed by atoms with Crippen LogP contribution in [0.4, 0.5) is 0 Å². The molecule has 0 rings (SSSR count). The largest absolute Gasteiger partial charge is 0.376 e. The van der Waals surface area contributed by atoms with E-state index >= 15 is 0 Å². The van der Waals surface area contributed by atoms with Gasteiger partial charge in [-0.3, -0.25) is 0 Å². The Labute approximate surface area is 115 Å². The molecule has 0 aromatic heterocycles. The SMILES string of the molecule is CCCCC(CC)(CCOC(C)(C)C)CNCC. The van der Waals surface area contributed by atoms with Crippen molar-refractivity contribution in [1.29, 1.82) is 0 Å². The van der Waals surface area contributed by atoms with Crippen molar-refractivity contribution < 1.29 is 4.74 Å². The van der Waals surface area contributed by atoms with Crippen molar-refractivity contribution in [2.75, 3.05) is 19.7 Å². The van der Waals surface area contributed by atoms with Crippen LogP contribution in [-0.2, 0) is 4.74 Å². The number of hydrogen-bond acceptors (Lipinski definition) is 2. The molecule has 1 N–H and O–H groups in total. The molecule has 0 aliphatic heterocycles. The standard InChI is InChI=1S/C16H35NO/c1-7-10-11-16(8-2,14-17-9-3)12-13-18-15(4,5)6/h17H,7-14H2,1-6H3. The van der Waals surface area contributed by atoms with Gasteiger partial charge in [-0.2, -0.15) is 0 Å². The summed E-state index contributed by atoms with van der Waals surface area (Å²) in [4.78, 5) is 0. The fourth-order valence-corrected chi connectivity index (χ4v) is 2.30. The third-order valence-corrected chi connectivity index (χ3v) is 3.73. The summed E-state index contributed by atoms with van der Waals surface area (Å²) < 4.78 is 5.92. The lowest BCUT2D eigenvalue weighted by molar-refractivity contribution is -0.0207. The van der Waals surface area contributed by atoms with Gasteiger partial charge in [-0.05, 0) is 52.0 Å². The van der Waals surface area contributed by atoms with E-state index in [1.807, 2.05) is 0 Å². The fourth-order valence-electron chi connectivity index (χ4n) is 2.30. The predicted molar refractivity (Wildman–Crippen MR) is 81.1 cm³/mol. The topological polar surface area (TPSA) is 21.3 Å². The van der Waals surface area contributed by atoms with Crippen molar-refractivity contribution in [3.05, 3.63) is 0 Å². The number of unbranched alkanes of at least 4 members (excludes halogenated alkanes) is 1. The van der Waals surface area contributed by atoms with Crippen LogP contribution in [0.3, 0.4) is 0 Å². The van der Waals surface area contributed by atoms with Gasteiger partial charge in [0.1, 0.15) is 0 Å². The summed E-state index contributed by atoms with van der Waals surface area (Å²) in [6, 6.07) is 0. The van der Waals surface area contributed by atoms with Crippen molar-refractivity contribution in [3.63, 3.8) is 0 Å². The lowest BCUT2D eigenvalue weighted by Crippen LogP contribution is -2.36. The molecule has 0 amide bonds. The molecule has 0 saturated heterocycles. The maximum atomic E-state index is 5.92. The van der Waals surface area contributed by atoms with Crippen LogP contribution >= 0.6 is 0 Å². The minimum Gasteiger partial charge on any atom is -0.376 e. The summed E-state index contributed by atoms with van der Waals surface area (Å²) >= 11 is 0. The number of hydrogen-bond donors (Lipinski definition) is 1. The molecule has 0 bridgehead atoms. The van der Waals surface area contributed by atoms with Gasteiger partial charge in [-0.25, -0.2) is 0 Å². The van der Waals surface area contributed by atoms with Gasteiger partial charge >= 0.3 is 0 Å². The van der Waals surface area contributed by atoms with Gasteiger partial charge in [0.15, 0.2) is 0 Å². The first kappa shape index (κ1) is 17.9. The van der Waals surface area contributed by atoms with E-state index in [1.54, 1.807) is 0 Å². The molecule has 2 heteroatoms. The molecule has 0 heterocycles. The molecule has 0 aromatic carbocycles. The normalized spacial score (nSPS) is 15.7. The third-order valence-electron chi connectivity index (χ3n) is 3.73. The quantitative estimate of drug-likeness (QED) is 0.627. The molecule has 0 fully saturated rings. The second kappa shape index (κ2) is 8.92. The maximum Gasteiger partial charge on any atom is 0.0598 e. The third kappa shape index (κ3) is 8.10. The lowest BCUT2D eigenvalue weighted by atomic mass is 9.77. The molecular weight excluding hydrogens is 222 g/mol. The molecule has 1 unspecified atom stereocenters. The van der Waals surface area contributed by atoms with Gasteiger partial charge in [0.05, 0.1) is 5.60 Å². The summed E-state index contributed by atoms with van der Waals surface area (Å²) in [5.74, 6) is 0.